The zero-order valence-electron chi connectivity index (χ0n) is 8.71. The molecule has 0 aliphatic carbocycles. The molecule has 0 aliphatic heterocycles. The van der Waals surface area contributed by atoms with Crippen LogP contribution < -0.4 is 0 Å². The molecular weight excluding hydrogens is 148 g/mol. The van der Waals surface area contributed by atoms with Crippen molar-refractivity contribution in [2.45, 2.75) is 45.4 Å². The van der Waals surface area contributed by atoms with E-state index in [1.165, 1.54) is 32.1 Å². The van der Waals surface area contributed by atoms with Crippen LogP contribution in [0.4, 0.5) is 0 Å². The molecule has 0 radical (unpaired) electrons. The fourth-order valence-corrected chi connectivity index (χ4v) is 1.06. The third kappa shape index (κ3) is 9.47. The number of rotatable bonds is 7. The normalized spacial score (nSPS) is 10.9. The Labute approximate surface area is 76.6 Å². The molecule has 0 aromatic carbocycles. The molecule has 12 heavy (non-hydrogen) atoms. The summed E-state index contributed by atoms with van der Waals surface area (Å²) in [5.41, 5.74) is 0. The van der Waals surface area contributed by atoms with E-state index in [-0.39, 0.29) is 0 Å². The van der Waals surface area contributed by atoms with Gasteiger partial charge >= 0.3 is 0 Å². The van der Waals surface area contributed by atoms with Gasteiger partial charge in [-0.25, -0.2) is 0 Å². The maximum absolute atomic E-state index is 4.15. The Morgan fingerprint density at radius 1 is 1.08 bits per heavy atom. The van der Waals surface area contributed by atoms with E-state index in [9.17, 15) is 0 Å². The lowest BCUT2D eigenvalue weighted by Crippen LogP contribution is -2.01. The molecule has 2 heteroatoms. The maximum Gasteiger partial charge on any atom is 0.0244 e. The zero-order valence-corrected chi connectivity index (χ0v) is 8.71. The van der Waals surface area contributed by atoms with Gasteiger partial charge in [0.05, 0.1) is 0 Å². The maximum atomic E-state index is 4.15. The topological polar surface area (TPSA) is 15.6 Å². The van der Waals surface area contributed by atoms with Crippen molar-refractivity contribution in [3.8, 4) is 0 Å². The second-order valence-electron chi connectivity index (χ2n) is 3.35. The predicted molar refractivity (Wildman–Crippen MR) is 55.6 cm³/mol. The predicted octanol–water partition coefficient (Wildman–Crippen LogP) is 2.89. The van der Waals surface area contributed by atoms with Crippen molar-refractivity contribution < 1.29 is 0 Å². The molecule has 0 unspecified atom stereocenters. The average molecular weight is 170 g/mol. The van der Waals surface area contributed by atoms with Crippen molar-refractivity contribution in [2.24, 2.45) is 5.10 Å². The van der Waals surface area contributed by atoms with Crippen LogP contribution in [0.2, 0.25) is 0 Å². The van der Waals surface area contributed by atoms with Crippen molar-refractivity contribution in [1.29, 1.82) is 0 Å². The molecule has 0 spiro atoms. The molecule has 0 N–H and O–H groups in total. The van der Waals surface area contributed by atoms with Crippen LogP contribution in [-0.4, -0.2) is 25.3 Å². The third-order valence-corrected chi connectivity index (χ3v) is 1.75. The molecule has 0 saturated heterocycles. The Hall–Kier alpha value is -0.530. The highest BCUT2D eigenvalue weighted by Gasteiger charge is 1.86. The van der Waals surface area contributed by atoms with Crippen molar-refractivity contribution in [2.75, 3.05) is 14.1 Å². The first-order valence-electron chi connectivity index (χ1n) is 4.97. The van der Waals surface area contributed by atoms with Gasteiger partial charge in [-0.2, -0.15) is 5.10 Å². The van der Waals surface area contributed by atoms with Gasteiger partial charge in [0.15, 0.2) is 0 Å². The van der Waals surface area contributed by atoms with E-state index >= 15 is 0 Å². The number of nitrogens with zero attached hydrogens (tertiary/aromatic N) is 2. The summed E-state index contributed by atoms with van der Waals surface area (Å²) < 4.78 is 0. The van der Waals surface area contributed by atoms with Crippen LogP contribution in [0.25, 0.3) is 0 Å². The summed E-state index contributed by atoms with van der Waals surface area (Å²) >= 11 is 0. The molecule has 0 saturated carbocycles. The van der Waals surface area contributed by atoms with E-state index in [0.717, 1.165) is 6.42 Å². The molecule has 0 rings (SSSR count). The highest BCUT2D eigenvalue weighted by Crippen LogP contribution is 2.03. The first-order chi connectivity index (χ1) is 5.77. The molecule has 0 aliphatic rings. The minimum atomic E-state index is 1.13. The Morgan fingerprint density at radius 3 is 2.33 bits per heavy atom. The molecule has 0 aromatic heterocycles. The Morgan fingerprint density at radius 2 is 1.75 bits per heavy atom. The Bertz CT molecular complexity index is 108. The number of hydrogen-bond acceptors (Lipinski definition) is 2. The number of unbranched alkanes of at least 4 members (excludes halogenated alkanes) is 5. The second-order valence-corrected chi connectivity index (χ2v) is 3.35. The van der Waals surface area contributed by atoms with Gasteiger partial charge in [0.25, 0.3) is 0 Å². The van der Waals surface area contributed by atoms with Crippen LogP contribution in [-0.2, 0) is 0 Å². The Balaban J connectivity index is 3.00. The molecule has 0 aromatic rings. The molecule has 0 fully saturated rings. The minimum Gasteiger partial charge on any atom is -0.303 e. The van der Waals surface area contributed by atoms with Crippen LogP contribution in [0.5, 0.6) is 0 Å². The van der Waals surface area contributed by atoms with E-state index in [0.29, 0.717) is 0 Å². The lowest BCUT2D eigenvalue weighted by atomic mass is 10.1. The first-order valence-corrected chi connectivity index (χ1v) is 4.97. The average Bonchev–Trinajstić information content (AvgIpc) is 2.02. The third-order valence-electron chi connectivity index (χ3n) is 1.75. The summed E-state index contributed by atoms with van der Waals surface area (Å²) in [6.07, 6.45) is 9.86. The van der Waals surface area contributed by atoms with Gasteiger partial charge in [-0.1, -0.05) is 32.6 Å². The van der Waals surface area contributed by atoms with Gasteiger partial charge < -0.3 is 5.01 Å². The fraction of sp³-hybridized carbons (Fsp3) is 0.900. The van der Waals surface area contributed by atoms with Crippen LogP contribution >= 0.6 is 0 Å². The minimum absolute atomic E-state index is 1.13. The van der Waals surface area contributed by atoms with Gasteiger partial charge in [0.1, 0.15) is 0 Å². The van der Waals surface area contributed by atoms with Gasteiger partial charge in [0, 0.05) is 20.3 Å². The van der Waals surface area contributed by atoms with E-state index in [2.05, 4.69) is 12.0 Å². The number of hydrogen-bond donors (Lipinski definition) is 0. The first kappa shape index (κ1) is 11.5. The summed E-state index contributed by atoms with van der Waals surface area (Å²) in [7, 11) is 3.90. The standard InChI is InChI=1S/C10H22N2/c1-4-5-6-7-8-9-10-11-12(2)3/h10H,4-9H2,1-3H3. The monoisotopic (exact) mass is 170 g/mol. The van der Waals surface area contributed by atoms with E-state index in [1.54, 1.807) is 0 Å². The van der Waals surface area contributed by atoms with E-state index in [4.69, 9.17) is 0 Å². The van der Waals surface area contributed by atoms with Gasteiger partial charge in [0.2, 0.25) is 0 Å². The zero-order chi connectivity index (χ0) is 9.23. The summed E-state index contributed by atoms with van der Waals surface area (Å²) in [6.45, 7) is 2.24. The highest BCUT2D eigenvalue weighted by atomic mass is 15.4. The van der Waals surface area contributed by atoms with Crippen LogP contribution in [0.15, 0.2) is 5.10 Å². The molecule has 0 amide bonds. The highest BCUT2D eigenvalue weighted by molar-refractivity contribution is 5.56. The molecule has 0 atom stereocenters. The second kappa shape index (κ2) is 8.57. The molecular formula is C10H22N2. The molecule has 72 valence electrons. The van der Waals surface area contributed by atoms with Crippen molar-refractivity contribution in [3.05, 3.63) is 0 Å². The van der Waals surface area contributed by atoms with Crippen LogP contribution in [0.3, 0.4) is 0 Å². The van der Waals surface area contributed by atoms with Gasteiger partial charge in [-0.15, -0.1) is 0 Å². The quantitative estimate of drug-likeness (QED) is 0.326. The lowest BCUT2D eigenvalue weighted by molar-refractivity contribution is 0.438. The summed E-state index contributed by atoms with van der Waals surface area (Å²) in [4.78, 5) is 0. The van der Waals surface area contributed by atoms with Gasteiger partial charge in [-0.05, 0) is 12.8 Å². The van der Waals surface area contributed by atoms with Crippen LogP contribution in [0.1, 0.15) is 45.4 Å². The van der Waals surface area contributed by atoms with Crippen LogP contribution in [0, 0.1) is 0 Å². The molecule has 0 bridgehead atoms. The summed E-state index contributed by atoms with van der Waals surface area (Å²) in [5.74, 6) is 0. The van der Waals surface area contributed by atoms with Crippen molar-refractivity contribution in [1.82, 2.24) is 5.01 Å². The lowest BCUT2D eigenvalue weighted by Gasteiger charge is -2.01. The van der Waals surface area contributed by atoms with Gasteiger partial charge in [-0.3, -0.25) is 0 Å². The largest absolute Gasteiger partial charge is 0.303 e. The van der Waals surface area contributed by atoms with Crippen molar-refractivity contribution >= 4 is 6.21 Å². The van der Waals surface area contributed by atoms with E-state index < -0.39 is 0 Å². The SMILES string of the molecule is CCCCCCCC=NN(C)C. The number of hydrazone groups is 1. The molecule has 2 nitrogen and oxygen atoms in total. The summed E-state index contributed by atoms with van der Waals surface area (Å²) in [5, 5.41) is 5.99. The molecule has 0 heterocycles. The van der Waals surface area contributed by atoms with Crippen molar-refractivity contribution in [3.63, 3.8) is 0 Å². The van der Waals surface area contributed by atoms with E-state index in [1.807, 2.05) is 25.3 Å². The Kier molecular flexibility index (Phi) is 8.19. The smallest absolute Gasteiger partial charge is 0.0244 e. The summed E-state index contributed by atoms with van der Waals surface area (Å²) in [6, 6.07) is 0. The fourth-order valence-electron chi connectivity index (χ4n) is 1.06.